The summed E-state index contributed by atoms with van der Waals surface area (Å²) < 4.78 is 51.0. The third kappa shape index (κ3) is 6.41. The topological polar surface area (TPSA) is 18.5 Å². The van der Waals surface area contributed by atoms with Crippen LogP contribution >= 0.6 is 0 Å². The summed E-state index contributed by atoms with van der Waals surface area (Å²) in [5.41, 5.74) is 2.96. The molecule has 0 aliphatic rings. The number of rotatable bonds is 4. The second kappa shape index (κ2) is 14.1. The molecule has 10 aromatic rings. The SMILES string of the molecule is COc1ccc(-c2c3cc(OC)ccc3c(-c3ccc(C(F)(F)F)cc3)c3cc4ccccc4cc23)cc1.c1ccc2cc3cc4ccccc4cc3cc2c1. The number of fused-ring (bicyclic) bond motifs is 6. The zero-order chi connectivity index (χ0) is 38.4. The van der Waals surface area contributed by atoms with Gasteiger partial charge in [-0.25, -0.2) is 0 Å². The third-order valence-corrected chi connectivity index (χ3v) is 10.6. The number of ether oxygens (including phenoxy) is 2. The molecule has 0 saturated heterocycles. The van der Waals surface area contributed by atoms with Gasteiger partial charge in [-0.3, -0.25) is 0 Å². The molecule has 0 radical (unpaired) electrons. The zero-order valence-corrected chi connectivity index (χ0v) is 30.7. The second-order valence-corrected chi connectivity index (χ2v) is 14.0. The molecule has 10 aromatic carbocycles. The van der Waals surface area contributed by atoms with Gasteiger partial charge in [-0.05, 0) is 160 Å². The maximum absolute atomic E-state index is 13.4. The molecule has 0 aliphatic heterocycles. The summed E-state index contributed by atoms with van der Waals surface area (Å²) in [4.78, 5) is 0. The maximum Gasteiger partial charge on any atom is 0.416 e. The summed E-state index contributed by atoms with van der Waals surface area (Å²) in [6, 6.07) is 57.8. The highest BCUT2D eigenvalue weighted by atomic mass is 19.4. The molecule has 0 fully saturated rings. The van der Waals surface area contributed by atoms with Crippen LogP contribution in [0.1, 0.15) is 5.56 Å². The summed E-state index contributed by atoms with van der Waals surface area (Å²) in [5.74, 6) is 1.46. The van der Waals surface area contributed by atoms with Crippen LogP contribution in [0.5, 0.6) is 11.5 Å². The molecule has 0 bridgehead atoms. The van der Waals surface area contributed by atoms with Crippen LogP contribution in [0, 0.1) is 0 Å². The second-order valence-electron chi connectivity index (χ2n) is 14.0. The van der Waals surface area contributed by atoms with Gasteiger partial charge in [0.2, 0.25) is 0 Å². The quantitative estimate of drug-likeness (QED) is 0.168. The molecule has 10 rings (SSSR count). The molecule has 0 spiro atoms. The molecular weight excluding hydrogens is 702 g/mol. The van der Waals surface area contributed by atoms with Gasteiger partial charge in [0.15, 0.2) is 0 Å². The first-order chi connectivity index (χ1) is 27.3. The van der Waals surface area contributed by atoms with E-state index >= 15 is 0 Å². The lowest BCUT2D eigenvalue weighted by Crippen LogP contribution is -2.04. The molecule has 0 aromatic heterocycles. The van der Waals surface area contributed by atoms with E-state index in [1.54, 1.807) is 26.4 Å². The van der Waals surface area contributed by atoms with Crippen molar-refractivity contribution in [3.63, 3.8) is 0 Å². The van der Waals surface area contributed by atoms with E-state index in [0.717, 1.165) is 72.5 Å². The Labute approximate surface area is 322 Å². The first kappa shape index (κ1) is 34.9. The minimum absolute atomic E-state index is 0.670. The van der Waals surface area contributed by atoms with Gasteiger partial charge in [-0.2, -0.15) is 13.2 Å². The lowest BCUT2D eigenvalue weighted by atomic mass is 9.84. The van der Waals surface area contributed by atoms with Crippen LogP contribution in [0.3, 0.4) is 0 Å². The number of hydrogen-bond acceptors (Lipinski definition) is 2. The number of alkyl halides is 3. The van der Waals surface area contributed by atoms with Crippen LogP contribution in [-0.2, 0) is 6.18 Å². The smallest absolute Gasteiger partial charge is 0.416 e. The monoisotopic (exact) mass is 736 g/mol. The van der Waals surface area contributed by atoms with Crippen molar-refractivity contribution in [3.05, 3.63) is 181 Å². The van der Waals surface area contributed by atoms with E-state index in [0.29, 0.717) is 5.75 Å². The molecule has 0 N–H and O–H groups in total. The standard InChI is InChI=1S/C33H23F3O2.C18H12/c1-37-25-13-9-21(10-14-25)32-29-18-23-6-4-3-5-22(23)17-28(29)31(27-16-15-26(38-2)19-30(27)32)20-7-11-24(12-8-20)33(34,35)36;1-2-6-14-10-18-12-16-8-4-3-7-15(16)11-17(18)9-13(14)5-1/h3-19H,1-2H3;1-12H. The summed E-state index contributed by atoms with van der Waals surface area (Å²) in [7, 11) is 3.26. The van der Waals surface area contributed by atoms with Crippen molar-refractivity contribution < 1.29 is 22.6 Å². The Hall–Kier alpha value is -6.85. The molecule has 5 heteroatoms. The van der Waals surface area contributed by atoms with E-state index in [1.165, 1.54) is 32.3 Å². The Morgan fingerprint density at radius 3 is 1.11 bits per heavy atom. The predicted molar refractivity (Wildman–Crippen MR) is 227 cm³/mol. The highest BCUT2D eigenvalue weighted by molar-refractivity contribution is 6.23. The van der Waals surface area contributed by atoms with Gasteiger partial charge < -0.3 is 9.47 Å². The number of methoxy groups -OCH3 is 2. The van der Waals surface area contributed by atoms with Crippen LogP contribution < -0.4 is 9.47 Å². The van der Waals surface area contributed by atoms with Crippen LogP contribution in [-0.4, -0.2) is 14.2 Å². The minimum atomic E-state index is -4.40. The summed E-state index contributed by atoms with van der Waals surface area (Å²) in [6.45, 7) is 0. The Morgan fingerprint density at radius 2 is 0.696 bits per heavy atom. The van der Waals surface area contributed by atoms with Gasteiger partial charge in [0.1, 0.15) is 11.5 Å². The Bertz CT molecular complexity index is 2930. The minimum Gasteiger partial charge on any atom is -0.497 e. The molecule has 2 nitrogen and oxygen atoms in total. The number of benzene rings is 10. The normalized spacial score (nSPS) is 11.7. The number of hydrogen-bond donors (Lipinski definition) is 0. The molecule has 272 valence electrons. The highest BCUT2D eigenvalue weighted by Gasteiger charge is 2.30. The molecular formula is C51H35F3O2. The van der Waals surface area contributed by atoms with E-state index in [-0.39, 0.29) is 0 Å². The molecule has 0 aliphatic carbocycles. The van der Waals surface area contributed by atoms with Crippen molar-refractivity contribution in [1.82, 2.24) is 0 Å². The largest absolute Gasteiger partial charge is 0.497 e. The van der Waals surface area contributed by atoms with Gasteiger partial charge in [-0.1, -0.05) is 103 Å². The fourth-order valence-electron chi connectivity index (χ4n) is 7.86. The average Bonchev–Trinajstić information content (AvgIpc) is 3.23. The fourth-order valence-corrected chi connectivity index (χ4v) is 7.86. The zero-order valence-electron chi connectivity index (χ0n) is 30.7. The van der Waals surface area contributed by atoms with Crippen molar-refractivity contribution in [2.45, 2.75) is 6.18 Å². The Kier molecular flexibility index (Phi) is 8.78. The first-order valence-corrected chi connectivity index (χ1v) is 18.4. The van der Waals surface area contributed by atoms with Gasteiger partial charge in [0, 0.05) is 0 Å². The molecule has 56 heavy (non-hydrogen) atoms. The van der Waals surface area contributed by atoms with Crippen molar-refractivity contribution in [2.75, 3.05) is 14.2 Å². The van der Waals surface area contributed by atoms with Crippen molar-refractivity contribution in [1.29, 1.82) is 0 Å². The molecule has 0 unspecified atom stereocenters. The summed E-state index contributed by atoms with van der Waals surface area (Å²) in [5, 5.41) is 13.8. The lowest BCUT2D eigenvalue weighted by Gasteiger charge is -2.19. The summed E-state index contributed by atoms with van der Waals surface area (Å²) in [6.07, 6.45) is -4.40. The third-order valence-electron chi connectivity index (χ3n) is 10.6. The van der Waals surface area contributed by atoms with Gasteiger partial charge in [0.25, 0.3) is 0 Å². The van der Waals surface area contributed by atoms with Gasteiger partial charge >= 0.3 is 6.18 Å². The Balaban J connectivity index is 0.000000188. The first-order valence-electron chi connectivity index (χ1n) is 18.4. The van der Waals surface area contributed by atoms with E-state index in [1.807, 2.05) is 54.6 Å². The van der Waals surface area contributed by atoms with Crippen LogP contribution in [0.4, 0.5) is 13.2 Å². The van der Waals surface area contributed by atoms with Gasteiger partial charge in [-0.15, -0.1) is 0 Å². The van der Waals surface area contributed by atoms with Crippen molar-refractivity contribution in [3.8, 4) is 33.8 Å². The van der Waals surface area contributed by atoms with Crippen molar-refractivity contribution in [2.24, 2.45) is 0 Å². The highest BCUT2D eigenvalue weighted by Crippen LogP contribution is 2.46. The average molecular weight is 737 g/mol. The lowest BCUT2D eigenvalue weighted by molar-refractivity contribution is -0.137. The van der Waals surface area contributed by atoms with Crippen LogP contribution in [0.25, 0.3) is 86.9 Å². The number of halogens is 3. The molecule has 0 atom stereocenters. The predicted octanol–water partition coefficient (Wildman–Crippen LogP) is 14.7. The van der Waals surface area contributed by atoms with Crippen LogP contribution in [0.2, 0.25) is 0 Å². The van der Waals surface area contributed by atoms with E-state index in [9.17, 15) is 13.2 Å². The molecule has 0 saturated carbocycles. The van der Waals surface area contributed by atoms with E-state index < -0.39 is 11.7 Å². The summed E-state index contributed by atoms with van der Waals surface area (Å²) >= 11 is 0. The van der Waals surface area contributed by atoms with Gasteiger partial charge in [0.05, 0.1) is 19.8 Å². The Morgan fingerprint density at radius 1 is 0.339 bits per heavy atom. The van der Waals surface area contributed by atoms with Crippen LogP contribution in [0.15, 0.2) is 176 Å². The van der Waals surface area contributed by atoms with E-state index in [4.69, 9.17) is 9.47 Å². The maximum atomic E-state index is 13.4. The van der Waals surface area contributed by atoms with E-state index in [2.05, 4.69) is 97.1 Å². The van der Waals surface area contributed by atoms with Crippen molar-refractivity contribution >= 4 is 64.6 Å². The molecule has 0 heterocycles. The molecule has 0 amide bonds. The fraction of sp³-hybridized carbons (Fsp3) is 0.0588.